The molecule has 2 atom stereocenters. The van der Waals surface area contributed by atoms with Gasteiger partial charge in [-0.05, 0) is 48.9 Å². The normalized spacial score (nSPS) is 29.1. The number of aryl methyl sites for hydroxylation is 2. The van der Waals surface area contributed by atoms with Crippen molar-refractivity contribution in [2.24, 2.45) is 5.73 Å². The molecule has 1 fully saturated rings. The fraction of sp³-hybridized carbons (Fsp3) is 0.571. The molecule has 1 aliphatic heterocycles. The molecule has 1 aromatic carbocycles. The quantitative estimate of drug-likeness (QED) is 0.748. The van der Waals surface area contributed by atoms with Gasteiger partial charge in [0.2, 0.25) is 0 Å². The molecule has 1 heterocycles. The van der Waals surface area contributed by atoms with E-state index < -0.39 is 0 Å². The molecule has 2 heteroatoms. The van der Waals surface area contributed by atoms with E-state index in [4.69, 9.17) is 5.73 Å². The van der Waals surface area contributed by atoms with Crippen molar-refractivity contribution in [2.75, 3.05) is 13.1 Å². The summed E-state index contributed by atoms with van der Waals surface area (Å²) >= 11 is 0. The highest BCUT2D eigenvalue weighted by atomic mass is 14.9. The van der Waals surface area contributed by atoms with Gasteiger partial charge in [0.1, 0.15) is 0 Å². The van der Waals surface area contributed by atoms with Crippen molar-refractivity contribution in [1.29, 1.82) is 0 Å². The third-order valence-electron chi connectivity index (χ3n) is 4.09. The van der Waals surface area contributed by atoms with E-state index >= 15 is 0 Å². The van der Waals surface area contributed by atoms with Gasteiger partial charge in [-0.3, -0.25) is 0 Å². The van der Waals surface area contributed by atoms with Crippen LogP contribution in [-0.2, 0) is 12.8 Å². The highest BCUT2D eigenvalue weighted by molar-refractivity contribution is 5.37. The number of nitrogens with two attached hydrogens (primary N) is 1. The minimum Gasteiger partial charge on any atom is -0.327 e. The SMILES string of the molecule is NC1CCNCC1c1ccc2c(c1)CCC2. The molecule has 86 valence electrons. The lowest BCUT2D eigenvalue weighted by molar-refractivity contribution is 0.403. The van der Waals surface area contributed by atoms with Crippen molar-refractivity contribution in [1.82, 2.24) is 5.32 Å². The predicted octanol–water partition coefficient (Wildman–Crippen LogP) is 1.58. The van der Waals surface area contributed by atoms with Crippen molar-refractivity contribution < 1.29 is 0 Å². The highest BCUT2D eigenvalue weighted by Crippen LogP contribution is 2.28. The molecule has 0 bridgehead atoms. The minimum atomic E-state index is 0.334. The van der Waals surface area contributed by atoms with Gasteiger partial charge in [0.25, 0.3) is 0 Å². The van der Waals surface area contributed by atoms with E-state index in [9.17, 15) is 0 Å². The highest BCUT2D eigenvalue weighted by Gasteiger charge is 2.24. The van der Waals surface area contributed by atoms with Gasteiger partial charge < -0.3 is 11.1 Å². The maximum absolute atomic E-state index is 6.22. The van der Waals surface area contributed by atoms with Crippen molar-refractivity contribution in [2.45, 2.75) is 37.6 Å². The van der Waals surface area contributed by atoms with Crippen LogP contribution in [0.15, 0.2) is 18.2 Å². The fourth-order valence-corrected chi connectivity index (χ4v) is 3.07. The standard InChI is InChI=1S/C14H20N2/c15-14-6-7-16-9-13(14)12-5-4-10-2-1-3-11(10)8-12/h4-5,8,13-14,16H,1-3,6-7,9,15H2. The zero-order chi connectivity index (χ0) is 11.0. The van der Waals surface area contributed by atoms with Crippen LogP contribution in [0.5, 0.6) is 0 Å². The average Bonchev–Trinajstić information content (AvgIpc) is 2.76. The van der Waals surface area contributed by atoms with E-state index in [-0.39, 0.29) is 0 Å². The van der Waals surface area contributed by atoms with Crippen molar-refractivity contribution in [3.05, 3.63) is 34.9 Å². The largest absolute Gasteiger partial charge is 0.327 e. The Labute approximate surface area is 97.2 Å². The van der Waals surface area contributed by atoms with Gasteiger partial charge in [-0.25, -0.2) is 0 Å². The molecule has 3 N–H and O–H groups in total. The van der Waals surface area contributed by atoms with Gasteiger partial charge >= 0.3 is 0 Å². The molecule has 0 saturated carbocycles. The summed E-state index contributed by atoms with van der Waals surface area (Å²) in [6.45, 7) is 2.11. The van der Waals surface area contributed by atoms with Crippen molar-refractivity contribution in [3.63, 3.8) is 0 Å². The zero-order valence-corrected chi connectivity index (χ0v) is 9.71. The topological polar surface area (TPSA) is 38.0 Å². The molecule has 0 aromatic heterocycles. The molecule has 16 heavy (non-hydrogen) atoms. The number of nitrogens with one attached hydrogen (secondary N) is 1. The van der Waals surface area contributed by atoms with Crippen molar-refractivity contribution in [3.8, 4) is 0 Å². The zero-order valence-electron chi connectivity index (χ0n) is 9.71. The number of piperidine rings is 1. The summed E-state index contributed by atoms with van der Waals surface area (Å²) in [4.78, 5) is 0. The Morgan fingerprint density at radius 3 is 2.94 bits per heavy atom. The lowest BCUT2D eigenvalue weighted by atomic mass is 9.86. The lowest BCUT2D eigenvalue weighted by Crippen LogP contribution is -2.43. The molecule has 2 aliphatic rings. The van der Waals surface area contributed by atoms with Crippen molar-refractivity contribution >= 4 is 0 Å². The first kappa shape index (κ1) is 10.3. The minimum absolute atomic E-state index is 0.334. The Balaban J connectivity index is 1.88. The Morgan fingerprint density at radius 2 is 2.06 bits per heavy atom. The third kappa shape index (κ3) is 1.76. The van der Waals surface area contributed by atoms with Crippen LogP contribution in [0.25, 0.3) is 0 Å². The molecule has 1 aliphatic carbocycles. The molecule has 0 amide bonds. The molecule has 0 radical (unpaired) electrons. The van der Waals surface area contributed by atoms with Gasteiger partial charge in [0, 0.05) is 18.5 Å². The van der Waals surface area contributed by atoms with Crippen LogP contribution in [0.2, 0.25) is 0 Å². The van der Waals surface area contributed by atoms with Gasteiger partial charge in [-0.1, -0.05) is 18.2 Å². The summed E-state index contributed by atoms with van der Waals surface area (Å²) in [6.07, 6.45) is 4.96. The Kier molecular flexibility index (Phi) is 2.70. The molecule has 0 spiro atoms. The predicted molar refractivity (Wildman–Crippen MR) is 66.7 cm³/mol. The Bertz CT molecular complexity index is 386. The van der Waals surface area contributed by atoms with Crippen LogP contribution < -0.4 is 11.1 Å². The first-order chi connectivity index (χ1) is 7.84. The van der Waals surface area contributed by atoms with Gasteiger partial charge in [0.15, 0.2) is 0 Å². The maximum atomic E-state index is 6.22. The molecular formula is C14H20N2. The van der Waals surface area contributed by atoms with E-state index in [1.807, 2.05) is 0 Å². The van der Waals surface area contributed by atoms with Crippen LogP contribution in [0, 0.1) is 0 Å². The first-order valence-electron chi connectivity index (χ1n) is 6.42. The van der Waals surface area contributed by atoms with Crippen LogP contribution in [0.1, 0.15) is 35.4 Å². The summed E-state index contributed by atoms with van der Waals surface area (Å²) in [5.74, 6) is 0.514. The second-order valence-electron chi connectivity index (χ2n) is 5.14. The van der Waals surface area contributed by atoms with E-state index in [0.717, 1.165) is 19.5 Å². The Hall–Kier alpha value is -0.860. The molecule has 3 rings (SSSR count). The average molecular weight is 216 g/mol. The summed E-state index contributed by atoms with van der Waals surface area (Å²) in [7, 11) is 0. The number of fused-ring (bicyclic) bond motifs is 1. The van der Waals surface area contributed by atoms with E-state index in [0.29, 0.717) is 12.0 Å². The third-order valence-corrected chi connectivity index (χ3v) is 4.09. The van der Waals surface area contributed by atoms with Gasteiger partial charge in [-0.15, -0.1) is 0 Å². The summed E-state index contributed by atoms with van der Waals surface area (Å²) < 4.78 is 0. The monoisotopic (exact) mass is 216 g/mol. The van der Waals surface area contributed by atoms with Crippen LogP contribution in [-0.4, -0.2) is 19.1 Å². The first-order valence-corrected chi connectivity index (χ1v) is 6.42. The van der Waals surface area contributed by atoms with E-state index in [1.54, 1.807) is 11.1 Å². The fourth-order valence-electron chi connectivity index (χ4n) is 3.07. The number of hydrogen-bond acceptors (Lipinski definition) is 2. The number of rotatable bonds is 1. The summed E-state index contributed by atoms with van der Waals surface area (Å²) in [6, 6.07) is 7.35. The molecule has 1 saturated heterocycles. The summed E-state index contributed by atoms with van der Waals surface area (Å²) in [5.41, 5.74) is 10.8. The molecule has 2 unspecified atom stereocenters. The summed E-state index contributed by atoms with van der Waals surface area (Å²) in [5, 5.41) is 3.45. The Morgan fingerprint density at radius 1 is 1.19 bits per heavy atom. The van der Waals surface area contributed by atoms with E-state index in [2.05, 4.69) is 23.5 Å². The van der Waals surface area contributed by atoms with E-state index in [1.165, 1.54) is 24.8 Å². The maximum Gasteiger partial charge on any atom is 0.0132 e. The lowest BCUT2D eigenvalue weighted by Gasteiger charge is -2.30. The van der Waals surface area contributed by atoms with Crippen LogP contribution in [0.3, 0.4) is 0 Å². The molecule has 1 aromatic rings. The van der Waals surface area contributed by atoms with Crippen LogP contribution in [0.4, 0.5) is 0 Å². The van der Waals surface area contributed by atoms with Gasteiger partial charge in [0.05, 0.1) is 0 Å². The van der Waals surface area contributed by atoms with Crippen LogP contribution >= 0.6 is 0 Å². The molecule has 2 nitrogen and oxygen atoms in total. The number of benzene rings is 1. The smallest absolute Gasteiger partial charge is 0.0132 e. The second-order valence-corrected chi connectivity index (χ2v) is 5.14. The second kappa shape index (κ2) is 4.19. The van der Waals surface area contributed by atoms with Gasteiger partial charge in [-0.2, -0.15) is 0 Å². The number of hydrogen-bond donors (Lipinski definition) is 2. The molecular weight excluding hydrogens is 196 g/mol.